The first-order valence-electron chi connectivity index (χ1n) is 12.0. The van der Waals surface area contributed by atoms with Crippen LogP contribution in [0.25, 0.3) is 16.6 Å². The van der Waals surface area contributed by atoms with Gasteiger partial charge in [0, 0.05) is 22.3 Å². The van der Waals surface area contributed by atoms with Crippen LogP contribution in [-0.4, -0.2) is 25.2 Å². The van der Waals surface area contributed by atoms with Crippen molar-refractivity contribution >= 4 is 28.4 Å². The predicted octanol–water partition coefficient (Wildman–Crippen LogP) is 5.33. The monoisotopic (exact) mass is 506 g/mol. The first-order chi connectivity index (χ1) is 18.0. The van der Waals surface area contributed by atoms with Crippen molar-refractivity contribution in [3.8, 4) is 11.8 Å². The molecule has 0 saturated heterocycles. The predicted molar refractivity (Wildman–Crippen MR) is 142 cm³/mol. The number of fused-ring (bicyclic) bond motifs is 3. The molecule has 7 nitrogen and oxygen atoms in total. The lowest BCUT2D eigenvalue weighted by atomic mass is 9.81. The van der Waals surface area contributed by atoms with Crippen LogP contribution >= 0.6 is 11.6 Å². The molecule has 1 aliphatic rings. The fourth-order valence-corrected chi connectivity index (χ4v) is 5.66. The summed E-state index contributed by atoms with van der Waals surface area (Å²) in [5.41, 5.74) is 5.35. The van der Waals surface area contributed by atoms with E-state index >= 15 is 0 Å². The fourth-order valence-electron chi connectivity index (χ4n) is 5.40. The second-order valence-corrected chi connectivity index (χ2v) is 9.88. The number of aryl methyl sites for hydroxylation is 1. The van der Waals surface area contributed by atoms with E-state index in [0.29, 0.717) is 30.0 Å². The average Bonchev–Trinajstić information content (AvgIpc) is 3.55. The lowest BCUT2D eigenvalue weighted by Gasteiger charge is -2.40. The molecule has 0 fully saturated rings. The van der Waals surface area contributed by atoms with Crippen LogP contribution in [0.4, 0.5) is 0 Å². The molecule has 37 heavy (non-hydrogen) atoms. The first-order valence-corrected chi connectivity index (χ1v) is 12.4. The number of amides is 1. The number of hydrogen-bond donors (Lipinski definition) is 1. The van der Waals surface area contributed by atoms with Gasteiger partial charge in [0.05, 0.1) is 28.2 Å². The third-order valence-corrected chi connectivity index (χ3v) is 7.56. The topological polar surface area (TPSA) is 88.5 Å². The molecule has 1 aliphatic heterocycles. The summed E-state index contributed by atoms with van der Waals surface area (Å²) in [6.45, 7) is 2.54. The maximum absolute atomic E-state index is 13.7. The van der Waals surface area contributed by atoms with Crippen LogP contribution in [0, 0.1) is 18.3 Å². The van der Waals surface area contributed by atoms with E-state index in [9.17, 15) is 10.1 Å². The summed E-state index contributed by atoms with van der Waals surface area (Å²) < 4.78 is 3.92. The Kier molecular flexibility index (Phi) is 5.54. The lowest BCUT2D eigenvalue weighted by molar-refractivity contribution is 0.0868. The number of aromatic nitrogens is 4. The summed E-state index contributed by atoms with van der Waals surface area (Å²) in [7, 11) is 0. The molecular formula is C29H23ClN6O. The molecule has 3 aromatic carbocycles. The van der Waals surface area contributed by atoms with Crippen molar-refractivity contribution in [2.75, 3.05) is 0 Å². The summed E-state index contributed by atoms with van der Waals surface area (Å²) >= 11 is 6.59. The summed E-state index contributed by atoms with van der Waals surface area (Å²) in [5, 5.41) is 22.3. The molecule has 0 radical (unpaired) electrons. The molecule has 182 valence electrons. The van der Waals surface area contributed by atoms with E-state index < -0.39 is 5.54 Å². The highest BCUT2D eigenvalue weighted by Gasteiger charge is 2.40. The number of hydrogen-bond acceptors (Lipinski definition) is 4. The van der Waals surface area contributed by atoms with E-state index in [0.717, 1.165) is 39.0 Å². The Morgan fingerprint density at radius 3 is 2.59 bits per heavy atom. The summed E-state index contributed by atoms with van der Waals surface area (Å²) in [6.07, 6.45) is 4.47. The SMILES string of the molecule is Cc1ccc2c(c1)c(C#N)c1n2CC(NC(=O)c2ccc(-n3cnnc3)cc2Cl)(c2ccccc2)CC1. The van der Waals surface area contributed by atoms with Crippen molar-refractivity contribution in [1.82, 2.24) is 24.6 Å². The Bertz CT molecular complexity index is 1680. The van der Waals surface area contributed by atoms with Gasteiger partial charge in [-0.25, -0.2) is 0 Å². The van der Waals surface area contributed by atoms with Gasteiger partial charge in [0.25, 0.3) is 5.91 Å². The van der Waals surface area contributed by atoms with Crippen molar-refractivity contribution in [2.24, 2.45) is 0 Å². The van der Waals surface area contributed by atoms with E-state index in [2.05, 4.69) is 44.3 Å². The molecule has 0 saturated carbocycles. The van der Waals surface area contributed by atoms with E-state index in [1.807, 2.05) is 43.3 Å². The van der Waals surface area contributed by atoms with Gasteiger partial charge in [0.1, 0.15) is 18.7 Å². The van der Waals surface area contributed by atoms with Crippen LogP contribution in [0.5, 0.6) is 0 Å². The number of carbonyl (C=O) groups excluding carboxylic acids is 1. The van der Waals surface area contributed by atoms with E-state index in [1.54, 1.807) is 29.4 Å². The molecule has 1 unspecified atom stereocenters. The normalized spacial score (nSPS) is 16.8. The smallest absolute Gasteiger partial charge is 0.253 e. The quantitative estimate of drug-likeness (QED) is 0.357. The Hall–Kier alpha value is -4.41. The van der Waals surface area contributed by atoms with Gasteiger partial charge in [-0.2, -0.15) is 5.26 Å². The summed E-state index contributed by atoms with van der Waals surface area (Å²) in [5.74, 6) is -0.250. The molecule has 3 heterocycles. The highest BCUT2D eigenvalue weighted by atomic mass is 35.5. The number of nitriles is 1. The minimum Gasteiger partial charge on any atom is -0.341 e. The third-order valence-electron chi connectivity index (χ3n) is 7.25. The van der Waals surface area contributed by atoms with Crippen LogP contribution < -0.4 is 5.32 Å². The zero-order valence-electron chi connectivity index (χ0n) is 20.1. The largest absolute Gasteiger partial charge is 0.341 e. The first kappa shape index (κ1) is 23.0. The van der Waals surface area contributed by atoms with Crippen LogP contribution in [0.15, 0.2) is 79.4 Å². The zero-order valence-corrected chi connectivity index (χ0v) is 20.9. The van der Waals surface area contributed by atoms with Crippen LogP contribution in [0.3, 0.4) is 0 Å². The zero-order chi connectivity index (χ0) is 25.6. The molecule has 5 aromatic rings. The van der Waals surface area contributed by atoms with Crippen molar-refractivity contribution < 1.29 is 4.79 Å². The molecule has 0 aliphatic carbocycles. The Labute approximate surface area is 218 Å². The molecule has 0 spiro atoms. The Morgan fingerprint density at radius 1 is 1.08 bits per heavy atom. The molecule has 0 bridgehead atoms. The second kappa shape index (κ2) is 8.91. The molecule has 1 atom stereocenters. The minimum absolute atomic E-state index is 0.250. The number of carbonyl (C=O) groups is 1. The molecule has 1 N–H and O–H groups in total. The van der Waals surface area contributed by atoms with Crippen molar-refractivity contribution in [3.05, 3.63) is 112 Å². The fraction of sp³-hybridized carbons (Fsp3) is 0.172. The maximum Gasteiger partial charge on any atom is 0.253 e. The van der Waals surface area contributed by atoms with Gasteiger partial charge in [-0.15, -0.1) is 10.2 Å². The molecule has 2 aromatic heterocycles. The summed E-state index contributed by atoms with van der Waals surface area (Å²) in [6, 6.07) is 23.9. The molecule has 8 heteroatoms. The van der Waals surface area contributed by atoms with Gasteiger partial charge < -0.3 is 9.88 Å². The van der Waals surface area contributed by atoms with Crippen LogP contribution in [0.1, 0.15) is 39.2 Å². The van der Waals surface area contributed by atoms with Crippen molar-refractivity contribution in [2.45, 2.75) is 31.8 Å². The third kappa shape index (κ3) is 3.87. The average molecular weight is 507 g/mol. The number of halogens is 1. The molecular weight excluding hydrogens is 484 g/mol. The number of nitrogens with zero attached hydrogens (tertiary/aromatic N) is 5. The van der Waals surface area contributed by atoms with Gasteiger partial charge in [-0.05, 0) is 55.7 Å². The van der Waals surface area contributed by atoms with Gasteiger partial charge >= 0.3 is 0 Å². The number of rotatable bonds is 4. The Balaban J connectivity index is 1.42. The molecule has 1 amide bonds. The lowest BCUT2D eigenvalue weighted by Crippen LogP contribution is -2.51. The van der Waals surface area contributed by atoms with Gasteiger partial charge in [-0.3, -0.25) is 9.36 Å². The standard InChI is InChI=1S/C29H23ClN6O/c1-19-7-10-26-23(13-19)24(15-31)27-11-12-29(16-36(26)27,20-5-3-2-4-6-20)34-28(37)22-9-8-21(14-25(22)30)35-17-32-33-18-35/h2-10,13-14,17-18H,11-12,16H2,1H3,(H,34,37). The molecule has 6 rings (SSSR count). The highest BCUT2D eigenvalue weighted by molar-refractivity contribution is 6.34. The minimum atomic E-state index is -0.675. The van der Waals surface area contributed by atoms with Crippen molar-refractivity contribution in [1.29, 1.82) is 5.26 Å². The maximum atomic E-state index is 13.7. The van der Waals surface area contributed by atoms with E-state index in [4.69, 9.17) is 11.6 Å². The van der Waals surface area contributed by atoms with Crippen LogP contribution in [-0.2, 0) is 18.5 Å². The van der Waals surface area contributed by atoms with E-state index in [1.165, 1.54) is 0 Å². The number of nitrogens with one attached hydrogen (secondary N) is 1. The van der Waals surface area contributed by atoms with Gasteiger partial charge in [0.2, 0.25) is 0 Å². The summed E-state index contributed by atoms with van der Waals surface area (Å²) in [4.78, 5) is 13.7. The Morgan fingerprint density at radius 2 is 1.86 bits per heavy atom. The van der Waals surface area contributed by atoms with Crippen molar-refractivity contribution in [3.63, 3.8) is 0 Å². The van der Waals surface area contributed by atoms with Crippen LogP contribution in [0.2, 0.25) is 5.02 Å². The van der Waals surface area contributed by atoms with Gasteiger partial charge in [-0.1, -0.05) is 53.6 Å². The second-order valence-electron chi connectivity index (χ2n) is 9.48. The highest BCUT2D eigenvalue weighted by Crippen LogP contribution is 2.39. The van der Waals surface area contributed by atoms with E-state index in [-0.39, 0.29) is 5.91 Å². The number of benzene rings is 3. The van der Waals surface area contributed by atoms with Gasteiger partial charge in [0.15, 0.2) is 0 Å².